The molecule has 3 aromatic rings. The maximum absolute atomic E-state index is 12.4. The first-order valence-corrected chi connectivity index (χ1v) is 8.16. The van der Waals surface area contributed by atoms with Crippen molar-refractivity contribution < 1.29 is 9.53 Å². The number of aromatic nitrogens is 1. The zero-order chi connectivity index (χ0) is 16.4. The van der Waals surface area contributed by atoms with E-state index in [-0.39, 0.29) is 5.91 Å². The molecule has 1 aromatic heterocycles. The fourth-order valence-electron chi connectivity index (χ4n) is 2.45. The minimum atomic E-state index is -0.155. The topological polar surface area (TPSA) is 51.2 Å². The molecule has 1 N–H and O–H groups in total. The molecule has 0 unspecified atom stereocenters. The summed E-state index contributed by atoms with van der Waals surface area (Å²) in [5.74, 6) is -0.155. The molecule has 0 aliphatic carbocycles. The lowest BCUT2D eigenvalue weighted by molar-refractivity contribution is 0.102. The highest BCUT2D eigenvalue weighted by Crippen LogP contribution is 2.31. The van der Waals surface area contributed by atoms with Crippen molar-refractivity contribution >= 4 is 32.6 Å². The van der Waals surface area contributed by atoms with Crippen LogP contribution in [0.2, 0.25) is 0 Å². The summed E-state index contributed by atoms with van der Waals surface area (Å²) in [4.78, 5) is 17.0. The van der Waals surface area contributed by atoms with Gasteiger partial charge in [0, 0.05) is 12.7 Å². The molecule has 0 bridgehead atoms. The zero-order valence-corrected chi connectivity index (χ0v) is 14.2. The summed E-state index contributed by atoms with van der Waals surface area (Å²) >= 11 is 1.51. The molecule has 0 spiro atoms. The maximum atomic E-state index is 12.4. The normalized spacial score (nSPS) is 10.9. The minimum Gasteiger partial charge on any atom is -0.380 e. The lowest BCUT2D eigenvalue weighted by atomic mass is 10.1. The Morgan fingerprint density at radius 1 is 1.22 bits per heavy atom. The van der Waals surface area contributed by atoms with Gasteiger partial charge in [-0.15, -0.1) is 0 Å². The number of carbonyl (C=O) groups is 1. The number of ether oxygens (including phenoxy) is 1. The molecule has 0 atom stereocenters. The van der Waals surface area contributed by atoms with Gasteiger partial charge in [-0.2, -0.15) is 0 Å². The molecule has 5 heteroatoms. The van der Waals surface area contributed by atoms with Crippen molar-refractivity contribution in [1.29, 1.82) is 0 Å². The Kier molecular flexibility index (Phi) is 4.41. The molecule has 1 heterocycles. The predicted molar refractivity (Wildman–Crippen MR) is 94.2 cm³/mol. The van der Waals surface area contributed by atoms with Crippen LogP contribution in [-0.2, 0) is 11.3 Å². The number of nitrogens with one attached hydrogen (secondary N) is 1. The number of benzene rings is 2. The molecule has 0 radical (unpaired) electrons. The van der Waals surface area contributed by atoms with Crippen LogP contribution in [0.4, 0.5) is 5.13 Å². The Labute approximate surface area is 139 Å². The van der Waals surface area contributed by atoms with Crippen LogP contribution in [0.5, 0.6) is 0 Å². The monoisotopic (exact) mass is 326 g/mol. The summed E-state index contributed by atoms with van der Waals surface area (Å²) in [6, 6.07) is 11.6. The van der Waals surface area contributed by atoms with Crippen LogP contribution < -0.4 is 5.32 Å². The zero-order valence-electron chi connectivity index (χ0n) is 13.3. The molecule has 1 amide bonds. The lowest BCUT2D eigenvalue weighted by Crippen LogP contribution is -2.12. The fourth-order valence-corrected chi connectivity index (χ4v) is 3.46. The average Bonchev–Trinajstić information content (AvgIpc) is 2.97. The Balaban J connectivity index is 1.87. The molecule has 2 aromatic carbocycles. The number of thiazole rings is 1. The van der Waals surface area contributed by atoms with Gasteiger partial charge in [-0.1, -0.05) is 35.6 Å². The highest BCUT2D eigenvalue weighted by molar-refractivity contribution is 7.22. The highest BCUT2D eigenvalue weighted by Gasteiger charge is 2.12. The second kappa shape index (κ2) is 6.48. The second-order valence-corrected chi connectivity index (χ2v) is 6.48. The lowest BCUT2D eigenvalue weighted by Gasteiger charge is -2.04. The Morgan fingerprint density at radius 2 is 2.00 bits per heavy atom. The molecule has 23 heavy (non-hydrogen) atoms. The highest BCUT2D eigenvalue weighted by atomic mass is 32.1. The van der Waals surface area contributed by atoms with Crippen molar-refractivity contribution in [2.24, 2.45) is 0 Å². The Morgan fingerprint density at radius 3 is 2.74 bits per heavy atom. The first-order chi connectivity index (χ1) is 11.1. The van der Waals surface area contributed by atoms with Crippen molar-refractivity contribution in [3.8, 4) is 0 Å². The molecule has 4 nitrogen and oxygen atoms in total. The van der Waals surface area contributed by atoms with Crippen LogP contribution in [0.3, 0.4) is 0 Å². The number of aryl methyl sites for hydroxylation is 2. The quantitative estimate of drug-likeness (QED) is 0.777. The van der Waals surface area contributed by atoms with Crippen molar-refractivity contribution in [3.05, 3.63) is 58.7 Å². The molecule has 3 rings (SSSR count). The molecule has 0 aliphatic heterocycles. The number of rotatable bonds is 4. The first-order valence-electron chi connectivity index (χ1n) is 7.34. The van der Waals surface area contributed by atoms with E-state index in [2.05, 4.69) is 29.4 Å². The number of hydrogen-bond donors (Lipinski definition) is 1. The summed E-state index contributed by atoms with van der Waals surface area (Å²) < 4.78 is 6.22. The van der Waals surface area contributed by atoms with Gasteiger partial charge in [-0.25, -0.2) is 4.98 Å². The van der Waals surface area contributed by atoms with E-state index in [4.69, 9.17) is 4.74 Å². The first kappa shape index (κ1) is 15.6. The van der Waals surface area contributed by atoms with E-state index in [1.807, 2.05) is 25.1 Å². The number of nitrogens with zero attached hydrogens (tertiary/aromatic N) is 1. The number of carbonyl (C=O) groups excluding carboxylic acids is 1. The third-order valence-electron chi connectivity index (χ3n) is 3.66. The van der Waals surface area contributed by atoms with Gasteiger partial charge < -0.3 is 4.74 Å². The van der Waals surface area contributed by atoms with Gasteiger partial charge >= 0.3 is 0 Å². The summed E-state index contributed by atoms with van der Waals surface area (Å²) in [6.07, 6.45) is 0. The second-order valence-electron chi connectivity index (χ2n) is 5.48. The molecule has 0 aliphatic rings. The van der Waals surface area contributed by atoms with Gasteiger partial charge in [0.2, 0.25) is 0 Å². The number of hydrogen-bond acceptors (Lipinski definition) is 4. The van der Waals surface area contributed by atoms with Gasteiger partial charge in [-0.05, 0) is 42.7 Å². The number of methoxy groups -OCH3 is 1. The SMILES string of the molecule is COCc1cccc(C(=O)Nc2nc3c(C)ccc(C)c3s2)c1. The van der Waals surface area contributed by atoms with Crippen LogP contribution in [0.15, 0.2) is 36.4 Å². The predicted octanol–water partition coefficient (Wildman–Crippen LogP) is 4.31. The summed E-state index contributed by atoms with van der Waals surface area (Å²) in [6.45, 7) is 4.57. The molecule has 0 fully saturated rings. The number of anilines is 1. The van der Waals surface area contributed by atoms with Gasteiger partial charge in [0.15, 0.2) is 5.13 Å². The van der Waals surface area contributed by atoms with Crippen molar-refractivity contribution in [2.75, 3.05) is 12.4 Å². The van der Waals surface area contributed by atoms with Crippen LogP contribution >= 0.6 is 11.3 Å². The van der Waals surface area contributed by atoms with Crippen LogP contribution in [0, 0.1) is 13.8 Å². The summed E-state index contributed by atoms with van der Waals surface area (Å²) in [5, 5.41) is 3.52. The van der Waals surface area contributed by atoms with E-state index in [1.54, 1.807) is 13.2 Å². The van der Waals surface area contributed by atoms with E-state index in [0.717, 1.165) is 21.3 Å². The standard InChI is InChI=1S/C18H18N2O2S/c1-11-7-8-12(2)16-15(11)19-18(23-16)20-17(21)14-6-4-5-13(9-14)10-22-3/h4-9H,10H2,1-3H3,(H,19,20,21). The fraction of sp³-hybridized carbons (Fsp3) is 0.222. The molecule has 0 saturated carbocycles. The maximum Gasteiger partial charge on any atom is 0.257 e. The van der Waals surface area contributed by atoms with E-state index < -0.39 is 0 Å². The van der Waals surface area contributed by atoms with Gasteiger partial charge in [0.05, 0.1) is 16.8 Å². The summed E-state index contributed by atoms with van der Waals surface area (Å²) in [5.41, 5.74) is 4.82. The molecule has 0 saturated heterocycles. The smallest absolute Gasteiger partial charge is 0.257 e. The summed E-state index contributed by atoms with van der Waals surface area (Å²) in [7, 11) is 1.64. The minimum absolute atomic E-state index is 0.155. The number of amides is 1. The van der Waals surface area contributed by atoms with E-state index in [0.29, 0.717) is 17.3 Å². The third-order valence-corrected chi connectivity index (χ3v) is 4.77. The number of fused-ring (bicyclic) bond motifs is 1. The largest absolute Gasteiger partial charge is 0.380 e. The Hall–Kier alpha value is -2.24. The van der Waals surface area contributed by atoms with Crippen molar-refractivity contribution in [1.82, 2.24) is 4.98 Å². The molecular formula is C18H18N2O2S. The van der Waals surface area contributed by atoms with Crippen molar-refractivity contribution in [2.45, 2.75) is 20.5 Å². The van der Waals surface area contributed by atoms with Gasteiger partial charge in [0.25, 0.3) is 5.91 Å². The molecule has 118 valence electrons. The van der Waals surface area contributed by atoms with Crippen LogP contribution in [0.25, 0.3) is 10.2 Å². The average molecular weight is 326 g/mol. The Bertz CT molecular complexity index is 832. The van der Waals surface area contributed by atoms with Crippen LogP contribution in [-0.4, -0.2) is 18.0 Å². The van der Waals surface area contributed by atoms with Crippen molar-refractivity contribution in [3.63, 3.8) is 0 Å². The molecular weight excluding hydrogens is 308 g/mol. The third kappa shape index (κ3) is 3.25. The van der Waals surface area contributed by atoms with E-state index in [1.165, 1.54) is 16.9 Å². The van der Waals surface area contributed by atoms with Crippen LogP contribution in [0.1, 0.15) is 27.0 Å². The van der Waals surface area contributed by atoms with Gasteiger partial charge in [-0.3, -0.25) is 10.1 Å². The van der Waals surface area contributed by atoms with E-state index >= 15 is 0 Å². The van der Waals surface area contributed by atoms with Gasteiger partial charge in [0.1, 0.15) is 0 Å². The van der Waals surface area contributed by atoms with E-state index in [9.17, 15) is 4.79 Å².